The number of hydrogen-bond acceptors (Lipinski definition) is 3. The number of aliphatic imine (C=N–C) groups is 1. The lowest BCUT2D eigenvalue weighted by molar-refractivity contribution is 0.415. The summed E-state index contributed by atoms with van der Waals surface area (Å²) in [5.41, 5.74) is 1.25. The lowest BCUT2D eigenvalue weighted by Gasteiger charge is -2.19. The number of nitrogens with zero attached hydrogens (tertiary/aromatic N) is 2. The van der Waals surface area contributed by atoms with Crippen LogP contribution in [0.2, 0.25) is 0 Å². The molecule has 5 nitrogen and oxygen atoms in total. The molecule has 0 radical (unpaired) electrons. The smallest absolute Gasteiger partial charge is 0.191 e. The Morgan fingerprint density at radius 1 is 1.35 bits per heavy atom. The van der Waals surface area contributed by atoms with E-state index in [1.807, 2.05) is 6.07 Å². The summed E-state index contributed by atoms with van der Waals surface area (Å²) in [6, 6.07) is 8.97. The monoisotopic (exact) mass is 316 g/mol. The number of guanidine groups is 1. The predicted octanol–water partition coefficient (Wildman–Crippen LogP) is 2.24. The topological polar surface area (TPSA) is 48.9 Å². The van der Waals surface area contributed by atoms with Crippen LogP contribution >= 0.6 is 0 Å². The maximum atomic E-state index is 5.32. The van der Waals surface area contributed by atoms with E-state index in [4.69, 9.17) is 9.73 Å². The van der Waals surface area contributed by atoms with Gasteiger partial charge in [-0.05, 0) is 44.2 Å². The molecule has 3 rings (SSSR count). The first-order valence-corrected chi connectivity index (χ1v) is 8.72. The van der Waals surface area contributed by atoms with Crippen molar-refractivity contribution in [2.45, 2.75) is 32.2 Å². The molecule has 1 saturated heterocycles. The van der Waals surface area contributed by atoms with E-state index < -0.39 is 0 Å². The average molecular weight is 316 g/mol. The minimum atomic E-state index is 0.621. The van der Waals surface area contributed by atoms with Crippen LogP contribution in [0.15, 0.2) is 29.3 Å². The molecule has 1 aromatic rings. The number of nitrogens with one attached hydrogen (secondary N) is 2. The molecule has 23 heavy (non-hydrogen) atoms. The Morgan fingerprint density at radius 3 is 2.96 bits per heavy atom. The zero-order valence-corrected chi connectivity index (χ0v) is 14.2. The zero-order chi connectivity index (χ0) is 16.1. The summed E-state index contributed by atoms with van der Waals surface area (Å²) < 4.78 is 5.32. The summed E-state index contributed by atoms with van der Waals surface area (Å²) in [4.78, 5) is 7.22. The van der Waals surface area contributed by atoms with Crippen molar-refractivity contribution >= 4 is 11.6 Å². The van der Waals surface area contributed by atoms with Crippen LogP contribution < -0.4 is 20.3 Å². The molecule has 1 saturated carbocycles. The second kappa shape index (κ2) is 7.57. The van der Waals surface area contributed by atoms with Crippen molar-refractivity contribution in [2.75, 3.05) is 38.2 Å². The number of rotatable bonds is 6. The summed E-state index contributed by atoms with van der Waals surface area (Å²) in [5.74, 6) is 2.53. The molecule has 1 atom stereocenters. The third-order valence-corrected chi connectivity index (χ3v) is 4.47. The lowest BCUT2D eigenvalue weighted by atomic mass is 10.1. The molecule has 0 spiro atoms. The number of anilines is 1. The molecular formula is C18H28N4O. The number of methoxy groups -OCH3 is 1. The van der Waals surface area contributed by atoms with Gasteiger partial charge in [0.15, 0.2) is 5.96 Å². The fraction of sp³-hybridized carbons (Fsp3) is 0.611. The van der Waals surface area contributed by atoms with Crippen molar-refractivity contribution in [3.63, 3.8) is 0 Å². The van der Waals surface area contributed by atoms with Crippen LogP contribution in [-0.2, 0) is 0 Å². The van der Waals surface area contributed by atoms with Crippen molar-refractivity contribution in [3.05, 3.63) is 24.3 Å². The van der Waals surface area contributed by atoms with Gasteiger partial charge in [-0.1, -0.05) is 6.07 Å². The van der Waals surface area contributed by atoms with E-state index in [0.29, 0.717) is 12.0 Å². The standard InChI is InChI=1S/C18H28N4O/c1-3-19-18(21-15-7-8-15)20-12-14-9-10-22(13-14)16-5-4-6-17(11-16)23-2/h4-6,11,14-15H,3,7-10,12-13H2,1-2H3,(H2,19,20,21). The fourth-order valence-corrected chi connectivity index (χ4v) is 2.98. The summed E-state index contributed by atoms with van der Waals surface area (Å²) in [6.07, 6.45) is 3.75. The molecule has 1 heterocycles. The van der Waals surface area contributed by atoms with E-state index in [1.54, 1.807) is 7.11 Å². The van der Waals surface area contributed by atoms with Crippen molar-refractivity contribution < 1.29 is 4.74 Å². The van der Waals surface area contributed by atoms with Gasteiger partial charge in [0.1, 0.15) is 5.75 Å². The van der Waals surface area contributed by atoms with Crippen LogP contribution in [0.1, 0.15) is 26.2 Å². The number of benzene rings is 1. The Labute approximate surface area is 139 Å². The Bertz CT molecular complexity index is 542. The molecule has 126 valence electrons. The molecule has 1 aliphatic heterocycles. The highest BCUT2D eigenvalue weighted by Gasteiger charge is 2.24. The summed E-state index contributed by atoms with van der Waals surface area (Å²) >= 11 is 0. The van der Waals surface area contributed by atoms with Gasteiger partial charge in [0.25, 0.3) is 0 Å². The van der Waals surface area contributed by atoms with E-state index in [1.165, 1.54) is 24.9 Å². The second-order valence-corrected chi connectivity index (χ2v) is 6.44. The van der Waals surface area contributed by atoms with Gasteiger partial charge in [0.05, 0.1) is 7.11 Å². The zero-order valence-electron chi connectivity index (χ0n) is 14.2. The quantitative estimate of drug-likeness (QED) is 0.624. The second-order valence-electron chi connectivity index (χ2n) is 6.44. The Hall–Kier alpha value is -1.91. The molecule has 1 aromatic carbocycles. The number of ether oxygens (including phenoxy) is 1. The normalized spacial score (nSPS) is 21.4. The largest absolute Gasteiger partial charge is 0.497 e. The average Bonchev–Trinajstić information content (AvgIpc) is 3.27. The lowest BCUT2D eigenvalue weighted by Crippen LogP contribution is -2.39. The van der Waals surface area contributed by atoms with Crippen LogP contribution in [0.3, 0.4) is 0 Å². The Kier molecular flexibility index (Phi) is 5.26. The first-order chi connectivity index (χ1) is 11.3. The van der Waals surface area contributed by atoms with E-state index in [2.05, 4.69) is 40.7 Å². The van der Waals surface area contributed by atoms with E-state index in [9.17, 15) is 0 Å². The van der Waals surface area contributed by atoms with E-state index >= 15 is 0 Å². The van der Waals surface area contributed by atoms with Crippen LogP contribution in [0.25, 0.3) is 0 Å². The van der Waals surface area contributed by atoms with Crippen LogP contribution in [0, 0.1) is 5.92 Å². The van der Waals surface area contributed by atoms with Gasteiger partial charge in [-0.25, -0.2) is 0 Å². The summed E-state index contributed by atoms with van der Waals surface area (Å²) in [5, 5.41) is 6.83. The van der Waals surface area contributed by atoms with Gasteiger partial charge in [-0.15, -0.1) is 0 Å². The van der Waals surface area contributed by atoms with Crippen molar-refractivity contribution in [3.8, 4) is 5.75 Å². The fourth-order valence-electron chi connectivity index (χ4n) is 2.98. The van der Waals surface area contributed by atoms with Crippen molar-refractivity contribution in [1.29, 1.82) is 0 Å². The molecule has 1 aliphatic carbocycles. The van der Waals surface area contributed by atoms with Crippen LogP contribution in [0.4, 0.5) is 5.69 Å². The summed E-state index contributed by atoms with van der Waals surface area (Å²) in [7, 11) is 1.72. The molecule has 0 aromatic heterocycles. The SMILES string of the molecule is CCNC(=NCC1CCN(c2cccc(OC)c2)C1)NC1CC1. The molecular weight excluding hydrogens is 288 g/mol. The van der Waals surface area contributed by atoms with E-state index in [0.717, 1.165) is 37.9 Å². The van der Waals surface area contributed by atoms with Gasteiger partial charge >= 0.3 is 0 Å². The van der Waals surface area contributed by atoms with Gasteiger partial charge in [-0.3, -0.25) is 4.99 Å². The highest BCUT2D eigenvalue weighted by molar-refractivity contribution is 5.80. The van der Waals surface area contributed by atoms with E-state index in [-0.39, 0.29) is 0 Å². The molecule has 2 N–H and O–H groups in total. The molecule has 2 aliphatic rings. The summed E-state index contributed by atoms with van der Waals surface area (Å²) in [6.45, 7) is 6.09. The molecule has 1 unspecified atom stereocenters. The van der Waals surface area contributed by atoms with Crippen LogP contribution in [0.5, 0.6) is 5.75 Å². The molecule has 5 heteroatoms. The number of hydrogen-bond donors (Lipinski definition) is 2. The highest BCUT2D eigenvalue weighted by atomic mass is 16.5. The molecule has 2 fully saturated rings. The van der Waals surface area contributed by atoms with Crippen LogP contribution in [-0.4, -0.2) is 45.3 Å². The predicted molar refractivity (Wildman–Crippen MR) is 95.5 cm³/mol. The minimum absolute atomic E-state index is 0.621. The molecule has 0 amide bonds. The molecule has 0 bridgehead atoms. The Morgan fingerprint density at radius 2 is 2.22 bits per heavy atom. The van der Waals surface area contributed by atoms with Gasteiger partial charge < -0.3 is 20.3 Å². The third-order valence-electron chi connectivity index (χ3n) is 4.47. The van der Waals surface area contributed by atoms with Gasteiger partial charge in [0, 0.05) is 44.0 Å². The first-order valence-electron chi connectivity index (χ1n) is 8.72. The minimum Gasteiger partial charge on any atom is -0.497 e. The highest BCUT2D eigenvalue weighted by Crippen LogP contribution is 2.27. The first kappa shape index (κ1) is 16.0. The van der Waals surface area contributed by atoms with Crippen molar-refractivity contribution in [2.24, 2.45) is 10.9 Å². The maximum Gasteiger partial charge on any atom is 0.191 e. The third kappa shape index (κ3) is 4.53. The van der Waals surface area contributed by atoms with Gasteiger partial charge in [0.2, 0.25) is 0 Å². The Balaban J connectivity index is 1.54. The van der Waals surface area contributed by atoms with Gasteiger partial charge in [-0.2, -0.15) is 0 Å². The van der Waals surface area contributed by atoms with Crippen molar-refractivity contribution in [1.82, 2.24) is 10.6 Å². The maximum absolute atomic E-state index is 5.32.